The van der Waals surface area contributed by atoms with Gasteiger partial charge >= 0.3 is 6.61 Å². The molecule has 1 aromatic carbocycles. The molecule has 1 amide bonds. The molecule has 0 saturated heterocycles. The summed E-state index contributed by atoms with van der Waals surface area (Å²) in [5.41, 5.74) is 3.17. The van der Waals surface area contributed by atoms with E-state index < -0.39 is 6.61 Å². The van der Waals surface area contributed by atoms with Gasteiger partial charge in [-0.25, -0.2) is 0 Å². The van der Waals surface area contributed by atoms with E-state index in [1.54, 1.807) is 12.1 Å². The van der Waals surface area contributed by atoms with Crippen molar-refractivity contribution in [2.45, 2.75) is 53.8 Å². The molecule has 0 aliphatic carbocycles. The summed E-state index contributed by atoms with van der Waals surface area (Å²) in [5.74, 6) is 0.299. The first kappa shape index (κ1) is 21.3. The minimum absolute atomic E-state index is 0.0469. The Balaban J connectivity index is 2.05. The van der Waals surface area contributed by atoms with Gasteiger partial charge in [0.25, 0.3) is 0 Å². The normalized spacial score (nSPS) is 11.3. The zero-order chi connectivity index (χ0) is 20.1. The summed E-state index contributed by atoms with van der Waals surface area (Å²) in [7, 11) is 0. The molecular weight excluding hydrogens is 420 g/mol. The molecule has 5 nitrogen and oxygen atoms in total. The van der Waals surface area contributed by atoms with Crippen LogP contribution in [0.25, 0.3) is 0 Å². The molecule has 0 atom stereocenters. The highest BCUT2D eigenvalue weighted by atomic mass is 79.9. The third-order valence-corrected chi connectivity index (χ3v) is 4.61. The molecule has 2 aromatic rings. The Labute approximate surface area is 166 Å². The van der Waals surface area contributed by atoms with Crippen LogP contribution in [0.4, 0.5) is 8.78 Å². The van der Waals surface area contributed by atoms with Crippen molar-refractivity contribution in [1.82, 2.24) is 15.1 Å². The van der Waals surface area contributed by atoms with Crippen LogP contribution in [-0.4, -0.2) is 22.3 Å². The van der Waals surface area contributed by atoms with Crippen LogP contribution in [0.15, 0.2) is 22.7 Å². The van der Waals surface area contributed by atoms with Crippen LogP contribution < -0.4 is 10.1 Å². The number of amides is 1. The van der Waals surface area contributed by atoms with Gasteiger partial charge in [0.05, 0.1) is 12.1 Å². The highest BCUT2D eigenvalue weighted by Gasteiger charge is 2.16. The van der Waals surface area contributed by atoms with Gasteiger partial charge in [0.15, 0.2) is 0 Å². The summed E-state index contributed by atoms with van der Waals surface area (Å²) >= 11 is 3.30. The van der Waals surface area contributed by atoms with Gasteiger partial charge in [-0.1, -0.05) is 29.8 Å². The predicted octanol–water partition coefficient (Wildman–Crippen LogP) is 4.38. The average molecular weight is 444 g/mol. The number of carbonyl (C=O) groups excluding carboxylic acids is 1. The Hall–Kier alpha value is -1.96. The van der Waals surface area contributed by atoms with Gasteiger partial charge < -0.3 is 10.1 Å². The van der Waals surface area contributed by atoms with Crippen molar-refractivity contribution in [1.29, 1.82) is 0 Å². The lowest BCUT2D eigenvalue weighted by molar-refractivity contribution is -0.120. The molecule has 1 heterocycles. The fourth-order valence-corrected chi connectivity index (χ4v) is 3.24. The maximum absolute atomic E-state index is 12.5. The molecule has 27 heavy (non-hydrogen) atoms. The van der Waals surface area contributed by atoms with E-state index in [1.807, 2.05) is 18.5 Å². The fraction of sp³-hybridized carbons (Fsp3) is 0.474. The quantitative estimate of drug-likeness (QED) is 0.658. The van der Waals surface area contributed by atoms with Crippen molar-refractivity contribution in [3.8, 4) is 5.75 Å². The van der Waals surface area contributed by atoms with Crippen LogP contribution in [0.2, 0.25) is 0 Å². The van der Waals surface area contributed by atoms with E-state index in [0.29, 0.717) is 11.5 Å². The molecule has 0 spiro atoms. The summed E-state index contributed by atoms with van der Waals surface area (Å²) in [6.07, 6.45) is 0.189. The first-order valence-corrected chi connectivity index (χ1v) is 9.49. The molecule has 1 N–H and O–H groups in total. The van der Waals surface area contributed by atoms with E-state index in [-0.39, 0.29) is 24.6 Å². The SMILES string of the molecule is Cc1nn(CC(C)C)c(C)c1CC(=O)NCc1cc(Br)ccc1OC(F)F. The summed E-state index contributed by atoms with van der Waals surface area (Å²) < 4.78 is 32.2. The molecule has 0 bridgehead atoms. The number of hydrogen-bond donors (Lipinski definition) is 1. The van der Waals surface area contributed by atoms with E-state index >= 15 is 0 Å². The average Bonchev–Trinajstić information content (AvgIpc) is 2.81. The van der Waals surface area contributed by atoms with Gasteiger partial charge in [0.2, 0.25) is 5.91 Å². The lowest BCUT2D eigenvalue weighted by Crippen LogP contribution is -2.25. The van der Waals surface area contributed by atoms with E-state index in [4.69, 9.17) is 0 Å². The predicted molar refractivity (Wildman–Crippen MR) is 103 cm³/mol. The number of benzene rings is 1. The number of aryl methyl sites for hydroxylation is 1. The van der Waals surface area contributed by atoms with Crippen molar-refractivity contribution in [2.75, 3.05) is 0 Å². The Kier molecular flexibility index (Phi) is 7.35. The van der Waals surface area contributed by atoms with Gasteiger partial charge in [-0.05, 0) is 38.0 Å². The minimum atomic E-state index is -2.92. The zero-order valence-electron chi connectivity index (χ0n) is 15.9. The number of carbonyl (C=O) groups is 1. The number of aromatic nitrogens is 2. The van der Waals surface area contributed by atoms with Crippen LogP contribution >= 0.6 is 15.9 Å². The molecule has 0 radical (unpaired) electrons. The summed E-state index contributed by atoms with van der Waals surface area (Å²) in [4.78, 5) is 12.4. The number of nitrogens with one attached hydrogen (secondary N) is 1. The van der Waals surface area contributed by atoms with E-state index in [1.165, 1.54) is 6.07 Å². The van der Waals surface area contributed by atoms with Crippen LogP contribution in [0.3, 0.4) is 0 Å². The van der Waals surface area contributed by atoms with Crippen molar-refractivity contribution in [3.63, 3.8) is 0 Å². The third-order valence-electron chi connectivity index (χ3n) is 4.12. The van der Waals surface area contributed by atoms with Gasteiger partial charge in [-0.3, -0.25) is 9.48 Å². The Morgan fingerprint density at radius 1 is 1.33 bits per heavy atom. The largest absolute Gasteiger partial charge is 0.434 e. The highest BCUT2D eigenvalue weighted by Crippen LogP contribution is 2.25. The van der Waals surface area contributed by atoms with Crippen LogP contribution in [0.5, 0.6) is 5.75 Å². The van der Waals surface area contributed by atoms with E-state index in [9.17, 15) is 13.6 Å². The first-order chi connectivity index (χ1) is 12.7. The van der Waals surface area contributed by atoms with Gasteiger partial charge in [0.1, 0.15) is 5.75 Å². The van der Waals surface area contributed by atoms with Gasteiger partial charge in [-0.2, -0.15) is 13.9 Å². The Morgan fingerprint density at radius 2 is 2.04 bits per heavy atom. The second kappa shape index (κ2) is 9.30. The number of hydrogen-bond acceptors (Lipinski definition) is 3. The maximum atomic E-state index is 12.5. The number of rotatable bonds is 8. The summed E-state index contributed by atoms with van der Waals surface area (Å²) in [6.45, 7) is 6.03. The van der Waals surface area contributed by atoms with Crippen molar-refractivity contribution < 1.29 is 18.3 Å². The molecule has 0 aliphatic heterocycles. The number of halogens is 3. The fourth-order valence-electron chi connectivity index (χ4n) is 2.83. The summed E-state index contributed by atoms with van der Waals surface area (Å²) in [6, 6.07) is 4.70. The molecule has 0 aliphatic rings. The van der Waals surface area contributed by atoms with E-state index in [2.05, 4.69) is 44.9 Å². The zero-order valence-corrected chi connectivity index (χ0v) is 17.4. The highest BCUT2D eigenvalue weighted by molar-refractivity contribution is 9.10. The molecule has 0 fully saturated rings. The van der Waals surface area contributed by atoms with Gasteiger partial charge in [0, 0.05) is 34.4 Å². The number of alkyl halides is 2. The van der Waals surface area contributed by atoms with E-state index in [0.717, 1.165) is 28.0 Å². The molecule has 0 unspecified atom stereocenters. The van der Waals surface area contributed by atoms with Crippen molar-refractivity contribution in [3.05, 3.63) is 45.2 Å². The Morgan fingerprint density at radius 3 is 2.67 bits per heavy atom. The molecule has 1 aromatic heterocycles. The number of nitrogens with zero attached hydrogens (tertiary/aromatic N) is 2. The molecular formula is C19H24BrF2N3O2. The van der Waals surface area contributed by atoms with Crippen LogP contribution in [0, 0.1) is 19.8 Å². The van der Waals surface area contributed by atoms with Crippen LogP contribution in [0.1, 0.15) is 36.4 Å². The molecule has 148 valence electrons. The van der Waals surface area contributed by atoms with Crippen molar-refractivity contribution in [2.24, 2.45) is 5.92 Å². The Bertz CT molecular complexity index is 806. The molecule has 8 heteroatoms. The first-order valence-electron chi connectivity index (χ1n) is 8.70. The molecule has 0 saturated carbocycles. The third kappa shape index (κ3) is 6.02. The van der Waals surface area contributed by atoms with Crippen molar-refractivity contribution >= 4 is 21.8 Å². The maximum Gasteiger partial charge on any atom is 0.387 e. The topological polar surface area (TPSA) is 56.2 Å². The second-order valence-electron chi connectivity index (χ2n) is 6.81. The second-order valence-corrected chi connectivity index (χ2v) is 7.73. The lowest BCUT2D eigenvalue weighted by Gasteiger charge is -2.12. The number of ether oxygens (including phenoxy) is 1. The van der Waals surface area contributed by atoms with Gasteiger partial charge in [-0.15, -0.1) is 0 Å². The summed E-state index contributed by atoms with van der Waals surface area (Å²) in [5, 5.41) is 7.28. The minimum Gasteiger partial charge on any atom is -0.434 e. The smallest absolute Gasteiger partial charge is 0.387 e. The lowest BCUT2D eigenvalue weighted by atomic mass is 10.1. The molecule has 2 rings (SSSR count). The van der Waals surface area contributed by atoms with Crippen LogP contribution in [-0.2, 0) is 24.3 Å². The monoisotopic (exact) mass is 443 g/mol. The standard InChI is InChI=1S/C19H24BrF2N3O2/c1-11(2)10-25-13(4)16(12(3)24-25)8-18(26)23-9-14-7-15(20)5-6-17(14)27-19(21)22/h5-7,11,19H,8-10H2,1-4H3,(H,23,26).